The third-order valence-corrected chi connectivity index (χ3v) is 3.56. The van der Waals surface area contributed by atoms with Crippen molar-refractivity contribution in [1.29, 1.82) is 0 Å². The fraction of sp³-hybridized carbons (Fsp3) is 0.158. The molecule has 0 spiro atoms. The molecule has 126 valence electrons. The highest BCUT2D eigenvalue weighted by atomic mass is 16.5. The first-order chi connectivity index (χ1) is 12.2. The Balaban J connectivity index is 1.73. The summed E-state index contributed by atoms with van der Waals surface area (Å²) in [6, 6.07) is 12.7. The van der Waals surface area contributed by atoms with Gasteiger partial charge in [-0.3, -0.25) is 10.4 Å². The first kappa shape index (κ1) is 16.4. The maximum atomic E-state index is 12.2. The van der Waals surface area contributed by atoms with Crippen molar-refractivity contribution in [3.63, 3.8) is 0 Å². The number of anilines is 2. The minimum absolute atomic E-state index is 0.316. The number of benzene rings is 2. The number of hydrogen-bond acceptors (Lipinski definition) is 3. The number of ether oxygens (including phenoxy) is 1. The molecule has 2 aromatic carbocycles. The zero-order valence-electron chi connectivity index (χ0n) is 14.0. The fourth-order valence-corrected chi connectivity index (χ4v) is 2.28. The number of nitrogens with one attached hydrogen (secondary N) is 3. The van der Waals surface area contributed by atoms with Crippen LogP contribution in [-0.2, 0) is 0 Å². The van der Waals surface area contributed by atoms with Crippen LogP contribution in [0.5, 0.6) is 5.75 Å². The Labute approximate surface area is 145 Å². The summed E-state index contributed by atoms with van der Waals surface area (Å²) in [5.41, 5.74) is 2.65. The zero-order chi connectivity index (χ0) is 17.6. The van der Waals surface area contributed by atoms with Crippen LogP contribution in [-0.4, -0.2) is 22.8 Å². The normalized spacial score (nSPS) is 10.0. The third kappa shape index (κ3) is 4.09. The van der Waals surface area contributed by atoms with Gasteiger partial charge in [-0.25, -0.2) is 4.79 Å². The van der Waals surface area contributed by atoms with Crippen LogP contribution in [0, 0.1) is 18.8 Å². The Bertz CT molecular complexity index is 949. The van der Waals surface area contributed by atoms with E-state index in [4.69, 9.17) is 4.74 Å². The molecule has 3 N–H and O–H groups in total. The second-order valence-corrected chi connectivity index (χ2v) is 5.44. The number of urea groups is 1. The van der Waals surface area contributed by atoms with E-state index in [2.05, 4.69) is 32.7 Å². The highest BCUT2D eigenvalue weighted by Gasteiger charge is 2.10. The van der Waals surface area contributed by atoms with Crippen LogP contribution < -0.4 is 15.4 Å². The predicted molar refractivity (Wildman–Crippen MR) is 98.9 cm³/mol. The van der Waals surface area contributed by atoms with E-state index >= 15 is 0 Å². The van der Waals surface area contributed by atoms with Crippen LogP contribution >= 0.6 is 0 Å². The topological polar surface area (TPSA) is 79.0 Å². The van der Waals surface area contributed by atoms with Crippen LogP contribution in [0.4, 0.5) is 16.3 Å². The van der Waals surface area contributed by atoms with E-state index in [9.17, 15) is 4.79 Å². The van der Waals surface area contributed by atoms with Crippen molar-refractivity contribution in [3.8, 4) is 17.6 Å². The third-order valence-electron chi connectivity index (χ3n) is 3.56. The molecule has 6 nitrogen and oxygen atoms in total. The van der Waals surface area contributed by atoms with Gasteiger partial charge in [0.05, 0.1) is 5.52 Å². The highest BCUT2D eigenvalue weighted by molar-refractivity contribution is 6.04. The number of aryl methyl sites for hydroxylation is 1. The fourth-order valence-electron chi connectivity index (χ4n) is 2.28. The Hall–Kier alpha value is -3.46. The lowest BCUT2D eigenvalue weighted by molar-refractivity contribution is 0.262. The highest BCUT2D eigenvalue weighted by Crippen LogP contribution is 2.25. The van der Waals surface area contributed by atoms with E-state index in [0.717, 1.165) is 16.5 Å². The molecule has 0 unspecified atom stereocenters. The largest absolute Gasteiger partial charge is 0.481 e. The summed E-state index contributed by atoms with van der Waals surface area (Å²) in [4.78, 5) is 12.2. The molecule has 1 heterocycles. The van der Waals surface area contributed by atoms with Gasteiger partial charge in [0, 0.05) is 11.1 Å². The summed E-state index contributed by atoms with van der Waals surface area (Å²) in [6.45, 7) is 4.07. The van der Waals surface area contributed by atoms with Crippen molar-refractivity contribution in [2.24, 2.45) is 0 Å². The summed E-state index contributed by atoms with van der Waals surface area (Å²) < 4.78 is 5.55. The van der Waals surface area contributed by atoms with Crippen molar-refractivity contribution >= 4 is 28.4 Å². The first-order valence-electron chi connectivity index (χ1n) is 7.81. The minimum Gasteiger partial charge on any atom is -0.481 e. The molecule has 0 atom stereocenters. The summed E-state index contributed by atoms with van der Waals surface area (Å²) >= 11 is 0. The van der Waals surface area contributed by atoms with E-state index < -0.39 is 0 Å². The molecule has 0 fully saturated rings. The maximum Gasteiger partial charge on any atom is 0.324 e. The summed E-state index contributed by atoms with van der Waals surface area (Å²) in [5, 5.41) is 13.3. The van der Waals surface area contributed by atoms with Crippen LogP contribution in [0.1, 0.15) is 12.5 Å². The number of H-pyrrole nitrogens is 1. The Morgan fingerprint density at radius 3 is 2.76 bits per heavy atom. The second-order valence-electron chi connectivity index (χ2n) is 5.44. The number of carbonyl (C=O) groups is 1. The monoisotopic (exact) mass is 334 g/mol. The van der Waals surface area contributed by atoms with E-state index in [0.29, 0.717) is 23.9 Å². The summed E-state index contributed by atoms with van der Waals surface area (Å²) in [6.07, 6.45) is 0. The smallest absolute Gasteiger partial charge is 0.324 e. The number of aromatic nitrogens is 2. The molecule has 0 saturated carbocycles. The molecule has 1 aromatic heterocycles. The lowest BCUT2D eigenvalue weighted by Gasteiger charge is -2.07. The number of nitrogens with zero attached hydrogens (tertiary/aromatic N) is 1. The van der Waals surface area contributed by atoms with Crippen molar-refractivity contribution in [3.05, 3.63) is 48.0 Å². The van der Waals surface area contributed by atoms with E-state index in [-0.39, 0.29) is 6.03 Å². The number of amides is 2. The van der Waals surface area contributed by atoms with E-state index in [1.54, 1.807) is 6.92 Å². The molecule has 3 aromatic rings. The molecule has 0 aliphatic heterocycles. The van der Waals surface area contributed by atoms with Crippen LogP contribution in [0.15, 0.2) is 42.5 Å². The molecule has 0 bridgehead atoms. The van der Waals surface area contributed by atoms with E-state index in [1.165, 1.54) is 0 Å². The molecule has 3 rings (SSSR count). The number of fused-ring (bicyclic) bond motifs is 1. The van der Waals surface area contributed by atoms with Gasteiger partial charge in [0.25, 0.3) is 0 Å². The molecule has 0 aliphatic rings. The van der Waals surface area contributed by atoms with Gasteiger partial charge < -0.3 is 10.1 Å². The molecule has 0 radical (unpaired) electrons. The number of rotatable bonds is 4. The summed E-state index contributed by atoms with van der Waals surface area (Å²) in [5.74, 6) is 6.72. The average Bonchev–Trinajstić information content (AvgIpc) is 2.99. The standard InChI is InChI=1S/C19H18N4O2/c1-3-4-11-25-15-9-10-17-16(12-15)18(23-22-17)21-19(24)20-14-7-5-13(2)6-8-14/h5-10,12H,11H2,1-2H3,(H3,20,21,22,23,24). The number of carbonyl (C=O) groups excluding carboxylic acids is 1. The quantitative estimate of drug-likeness (QED) is 0.633. The second kappa shape index (κ2) is 7.41. The van der Waals surface area contributed by atoms with Gasteiger partial charge in [-0.2, -0.15) is 5.10 Å². The number of aromatic amines is 1. The molecular weight excluding hydrogens is 316 g/mol. The summed E-state index contributed by atoms with van der Waals surface area (Å²) in [7, 11) is 0. The lowest BCUT2D eigenvalue weighted by Crippen LogP contribution is -2.19. The first-order valence-corrected chi connectivity index (χ1v) is 7.81. The van der Waals surface area contributed by atoms with Crippen molar-refractivity contribution in [2.45, 2.75) is 13.8 Å². The van der Waals surface area contributed by atoms with Gasteiger partial charge in [0.2, 0.25) is 0 Å². The minimum atomic E-state index is -0.361. The lowest BCUT2D eigenvalue weighted by atomic mass is 10.2. The number of hydrogen-bond donors (Lipinski definition) is 3. The Kier molecular flexibility index (Phi) is 4.86. The van der Waals surface area contributed by atoms with Crippen molar-refractivity contribution in [2.75, 3.05) is 17.2 Å². The van der Waals surface area contributed by atoms with E-state index in [1.807, 2.05) is 49.4 Å². The zero-order valence-corrected chi connectivity index (χ0v) is 14.0. The Morgan fingerprint density at radius 2 is 2.00 bits per heavy atom. The average molecular weight is 334 g/mol. The van der Waals surface area contributed by atoms with Gasteiger partial charge >= 0.3 is 6.03 Å². The van der Waals surface area contributed by atoms with Crippen LogP contribution in [0.3, 0.4) is 0 Å². The van der Waals surface area contributed by atoms with Gasteiger partial charge in [0.1, 0.15) is 12.4 Å². The molecule has 2 amide bonds. The predicted octanol–water partition coefficient (Wildman–Crippen LogP) is 3.92. The van der Waals surface area contributed by atoms with Gasteiger partial charge in [0.15, 0.2) is 5.82 Å². The molecule has 6 heteroatoms. The van der Waals surface area contributed by atoms with Gasteiger partial charge in [-0.1, -0.05) is 23.6 Å². The Morgan fingerprint density at radius 1 is 1.20 bits per heavy atom. The molecule has 0 saturated heterocycles. The molecular formula is C19H18N4O2. The van der Waals surface area contributed by atoms with Crippen LogP contribution in [0.2, 0.25) is 0 Å². The molecule has 0 aliphatic carbocycles. The maximum absolute atomic E-state index is 12.2. The van der Waals surface area contributed by atoms with Gasteiger partial charge in [-0.15, -0.1) is 5.92 Å². The van der Waals surface area contributed by atoms with Crippen LogP contribution in [0.25, 0.3) is 10.9 Å². The van der Waals surface area contributed by atoms with Gasteiger partial charge in [-0.05, 0) is 44.2 Å². The van der Waals surface area contributed by atoms with Crippen molar-refractivity contribution in [1.82, 2.24) is 10.2 Å². The molecule has 25 heavy (non-hydrogen) atoms. The SMILES string of the molecule is CC#CCOc1ccc2[nH]nc(NC(=O)Nc3ccc(C)cc3)c2c1. The van der Waals surface area contributed by atoms with Crippen molar-refractivity contribution < 1.29 is 9.53 Å².